The number of allylic oxidation sites excluding steroid dienone is 1. The Hall–Kier alpha value is -1.30. The Morgan fingerprint density at radius 2 is 2.50 bits per heavy atom. The van der Waals surface area contributed by atoms with Gasteiger partial charge in [-0.3, -0.25) is 0 Å². The van der Waals surface area contributed by atoms with E-state index in [1.807, 2.05) is 0 Å². The summed E-state index contributed by atoms with van der Waals surface area (Å²) in [6.45, 7) is 1.67. The number of carbonyl (C=O) groups is 1. The number of rotatable bonds is 1. The number of hydrogen-bond acceptors (Lipinski definition) is 3. The highest BCUT2D eigenvalue weighted by Crippen LogP contribution is 1.76. The van der Waals surface area contributed by atoms with Crippen LogP contribution in [-0.4, -0.2) is 5.97 Å². The number of hydrogen-bond donors (Lipinski definition) is 0. The van der Waals surface area contributed by atoms with Gasteiger partial charge in [0.05, 0.1) is 0 Å². The van der Waals surface area contributed by atoms with Crippen molar-refractivity contribution in [3.05, 3.63) is 12.2 Å². The third-order valence-corrected chi connectivity index (χ3v) is 0.449. The second kappa shape index (κ2) is 3.88. The van der Waals surface area contributed by atoms with Crippen LogP contribution in [0.3, 0.4) is 0 Å². The average molecular weight is 111 g/mol. The molecule has 0 amide bonds. The standard InChI is InChI=1S/C5H5NO2/c1-2-3-5(7)8-4-6/h2-3H,1H3. The fourth-order valence-electron chi connectivity index (χ4n) is 0.215. The Morgan fingerprint density at radius 1 is 1.88 bits per heavy atom. The summed E-state index contributed by atoms with van der Waals surface area (Å²) >= 11 is 0. The molecule has 0 heterocycles. The molecular formula is C5H5NO2. The van der Waals surface area contributed by atoms with Gasteiger partial charge in [0, 0.05) is 6.08 Å². The van der Waals surface area contributed by atoms with Gasteiger partial charge in [0.1, 0.15) is 0 Å². The Morgan fingerprint density at radius 3 is 2.88 bits per heavy atom. The zero-order chi connectivity index (χ0) is 6.41. The lowest BCUT2D eigenvalue weighted by Crippen LogP contribution is -1.91. The summed E-state index contributed by atoms with van der Waals surface area (Å²) in [6.07, 6.45) is 3.92. The molecule has 0 saturated heterocycles. The van der Waals surface area contributed by atoms with Gasteiger partial charge in [0.25, 0.3) is 6.26 Å². The van der Waals surface area contributed by atoms with Crippen LogP contribution in [-0.2, 0) is 9.53 Å². The minimum Gasteiger partial charge on any atom is -0.347 e. The predicted molar refractivity (Wildman–Crippen MR) is 26.5 cm³/mol. The van der Waals surface area contributed by atoms with Crippen molar-refractivity contribution < 1.29 is 9.53 Å². The van der Waals surface area contributed by atoms with Crippen LogP contribution in [0.2, 0.25) is 0 Å². The van der Waals surface area contributed by atoms with E-state index >= 15 is 0 Å². The third-order valence-electron chi connectivity index (χ3n) is 0.449. The van der Waals surface area contributed by atoms with E-state index in [0.29, 0.717) is 0 Å². The smallest absolute Gasteiger partial charge is 0.345 e. The largest absolute Gasteiger partial charge is 0.347 e. The Bertz CT molecular complexity index is 143. The van der Waals surface area contributed by atoms with Crippen molar-refractivity contribution in [2.24, 2.45) is 0 Å². The van der Waals surface area contributed by atoms with Gasteiger partial charge in [-0.1, -0.05) is 6.08 Å². The van der Waals surface area contributed by atoms with Crippen molar-refractivity contribution in [2.45, 2.75) is 6.92 Å². The number of nitrogens with zero attached hydrogens (tertiary/aromatic N) is 1. The van der Waals surface area contributed by atoms with Gasteiger partial charge >= 0.3 is 5.97 Å². The molecule has 0 fully saturated rings. The molecule has 0 aliphatic rings. The summed E-state index contributed by atoms with van der Waals surface area (Å²) in [4.78, 5) is 10.1. The fraction of sp³-hybridized carbons (Fsp3) is 0.200. The van der Waals surface area contributed by atoms with Gasteiger partial charge in [-0.15, -0.1) is 5.26 Å². The van der Waals surface area contributed by atoms with E-state index in [9.17, 15) is 4.79 Å². The van der Waals surface area contributed by atoms with E-state index in [1.54, 1.807) is 6.92 Å². The first-order valence-corrected chi connectivity index (χ1v) is 2.04. The summed E-state index contributed by atoms with van der Waals surface area (Å²) in [5.41, 5.74) is 0. The van der Waals surface area contributed by atoms with Crippen LogP contribution in [0.15, 0.2) is 12.2 Å². The van der Waals surface area contributed by atoms with Crippen LogP contribution in [0.1, 0.15) is 6.92 Å². The van der Waals surface area contributed by atoms with Gasteiger partial charge in [0.2, 0.25) is 0 Å². The van der Waals surface area contributed by atoms with Crippen LogP contribution in [0.4, 0.5) is 0 Å². The molecule has 0 aromatic carbocycles. The van der Waals surface area contributed by atoms with E-state index in [1.165, 1.54) is 18.4 Å². The van der Waals surface area contributed by atoms with E-state index in [2.05, 4.69) is 4.74 Å². The van der Waals surface area contributed by atoms with Crippen LogP contribution >= 0.6 is 0 Å². The maximum Gasteiger partial charge on any atom is 0.345 e. The number of esters is 1. The summed E-state index contributed by atoms with van der Waals surface area (Å²) in [5, 5.41) is 7.74. The highest BCUT2D eigenvalue weighted by Gasteiger charge is 1.89. The van der Waals surface area contributed by atoms with Crippen molar-refractivity contribution in [3.63, 3.8) is 0 Å². The first kappa shape index (κ1) is 6.70. The first-order chi connectivity index (χ1) is 3.81. The lowest BCUT2D eigenvalue weighted by molar-refractivity contribution is -0.131. The fourth-order valence-corrected chi connectivity index (χ4v) is 0.215. The van der Waals surface area contributed by atoms with Crippen molar-refractivity contribution in [1.82, 2.24) is 0 Å². The molecule has 0 atom stereocenters. The van der Waals surface area contributed by atoms with Gasteiger partial charge < -0.3 is 4.74 Å². The van der Waals surface area contributed by atoms with Crippen LogP contribution in [0, 0.1) is 11.5 Å². The maximum absolute atomic E-state index is 10.1. The topological polar surface area (TPSA) is 50.1 Å². The molecule has 3 heteroatoms. The molecule has 42 valence electrons. The summed E-state index contributed by atoms with van der Waals surface area (Å²) in [5.74, 6) is -0.630. The zero-order valence-corrected chi connectivity index (χ0v) is 4.42. The molecule has 8 heavy (non-hydrogen) atoms. The number of ether oxygens (including phenoxy) is 1. The second-order valence-electron chi connectivity index (χ2n) is 1.01. The normalized spacial score (nSPS) is 8.50. The highest BCUT2D eigenvalue weighted by atomic mass is 16.5. The molecule has 0 rings (SSSR count). The second-order valence-corrected chi connectivity index (χ2v) is 1.01. The molecule has 0 aromatic rings. The van der Waals surface area contributed by atoms with Gasteiger partial charge in [-0.2, -0.15) is 0 Å². The molecular weight excluding hydrogens is 106 g/mol. The predicted octanol–water partition coefficient (Wildman–Crippen LogP) is 0.587. The monoisotopic (exact) mass is 111 g/mol. The third kappa shape index (κ3) is 2.91. The molecule has 0 radical (unpaired) electrons. The number of nitriles is 1. The van der Waals surface area contributed by atoms with Crippen LogP contribution in [0.5, 0.6) is 0 Å². The molecule has 0 bridgehead atoms. The van der Waals surface area contributed by atoms with E-state index in [4.69, 9.17) is 5.26 Å². The Labute approximate surface area is 47.2 Å². The van der Waals surface area contributed by atoms with Crippen molar-refractivity contribution >= 4 is 5.97 Å². The van der Waals surface area contributed by atoms with Gasteiger partial charge in [-0.25, -0.2) is 4.79 Å². The van der Waals surface area contributed by atoms with Crippen molar-refractivity contribution in [1.29, 1.82) is 5.26 Å². The molecule has 0 saturated carbocycles. The maximum atomic E-state index is 10.1. The van der Waals surface area contributed by atoms with Gasteiger partial charge in [0.15, 0.2) is 0 Å². The van der Waals surface area contributed by atoms with E-state index in [-0.39, 0.29) is 0 Å². The Balaban J connectivity index is 3.53. The average Bonchev–Trinajstić information content (AvgIpc) is 1.68. The van der Waals surface area contributed by atoms with E-state index < -0.39 is 5.97 Å². The quantitative estimate of drug-likeness (QED) is 0.282. The summed E-state index contributed by atoms with van der Waals surface area (Å²) in [7, 11) is 0. The van der Waals surface area contributed by atoms with Crippen molar-refractivity contribution in [2.75, 3.05) is 0 Å². The molecule has 0 aromatic heterocycles. The molecule has 0 spiro atoms. The van der Waals surface area contributed by atoms with Gasteiger partial charge in [-0.05, 0) is 6.92 Å². The molecule has 3 nitrogen and oxygen atoms in total. The molecule has 0 N–H and O–H groups in total. The summed E-state index contributed by atoms with van der Waals surface area (Å²) < 4.78 is 3.86. The Kier molecular flexibility index (Phi) is 3.25. The van der Waals surface area contributed by atoms with Crippen molar-refractivity contribution in [3.8, 4) is 6.26 Å². The zero-order valence-electron chi connectivity index (χ0n) is 4.42. The molecule has 0 aliphatic heterocycles. The first-order valence-electron chi connectivity index (χ1n) is 2.04. The SMILES string of the molecule is CC=CC(=O)OC#N. The summed E-state index contributed by atoms with van der Waals surface area (Å²) in [6, 6.07) is 0. The lowest BCUT2D eigenvalue weighted by atomic mass is 10.5. The minimum atomic E-state index is -0.630. The van der Waals surface area contributed by atoms with Crippen LogP contribution in [0.25, 0.3) is 0 Å². The molecule has 0 aliphatic carbocycles. The van der Waals surface area contributed by atoms with Crippen LogP contribution < -0.4 is 0 Å². The highest BCUT2D eigenvalue weighted by molar-refractivity contribution is 5.82. The minimum absolute atomic E-state index is 0.630. The molecule has 0 unspecified atom stereocenters. The van der Waals surface area contributed by atoms with E-state index in [0.717, 1.165) is 0 Å². The number of carbonyl (C=O) groups excluding carboxylic acids is 1. The lowest BCUT2D eigenvalue weighted by Gasteiger charge is -1.79.